The minimum atomic E-state index is 0.294. The molecule has 3 rings (SSSR count). The molecule has 0 aliphatic carbocycles. The molecule has 2 N–H and O–H groups in total. The van der Waals surface area contributed by atoms with Crippen LogP contribution in [0.5, 0.6) is 5.75 Å². The van der Waals surface area contributed by atoms with E-state index < -0.39 is 0 Å². The van der Waals surface area contributed by atoms with Gasteiger partial charge in [0.2, 0.25) is 0 Å². The summed E-state index contributed by atoms with van der Waals surface area (Å²) in [5.41, 5.74) is 9.80. The molecular weight excluding hydrogens is 272 g/mol. The van der Waals surface area contributed by atoms with E-state index in [9.17, 15) is 0 Å². The first-order valence-corrected chi connectivity index (χ1v) is 8.00. The van der Waals surface area contributed by atoms with Gasteiger partial charge in [-0.15, -0.1) is 0 Å². The van der Waals surface area contributed by atoms with E-state index in [1.165, 1.54) is 23.2 Å². The number of hydrogen-bond acceptors (Lipinski definition) is 3. The molecule has 1 heterocycles. The van der Waals surface area contributed by atoms with Crippen LogP contribution in [0.3, 0.4) is 0 Å². The molecule has 0 amide bonds. The van der Waals surface area contributed by atoms with Crippen LogP contribution in [-0.2, 0) is 6.61 Å². The van der Waals surface area contributed by atoms with Crippen LogP contribution in [0, 0.1) is 6.92 Å². The fraction of sp³-hybridized carbons (Fsp3) is 0.368. The van der Waals surface area contributed by atoms with Crippen molar-refractivity contribution in [1.82, 2.24) is 0 Å². The first kappa shape index (κ1) is 14.9. The third-order valence-electron chi connectivity index (χ3n) is 4.22. The maximum Gasteiger partial charge on any atom is 0.120 e. The van der Waals surface area contributed by atoms with Crippen LogP contribution >= 0.6 is 0 Å². The summed E-state index contributed by atoms with van der Waals surface area (Å²) in [6.45, 7) is 4.79. The summed E-state index contributed by atoms with van der Waals surface area (Å²) < 4.78 is 5.89. The molecule has 3 nitrogen and oxygen atoms in total. The molecule has 0 radical (unpaired) electrons. The Labute approximate surface area is 132 Å². The molecule has 2 aromatic rings. The molecule has 1 saturated heterocycles. The van der Waals surface area contributed by atoms with Crippen molar-refractivity contribution in [2.45, 2.75) is 32.4 Å². The monoisotopic (exact) mass is 296 g/mol. The van der Waals surface area contributed by atoms with E-state index in [1.807, 2.05) is 18.2 Å². The van der Waals surface area contributed by atoms with Gasteiger partial charge in [-0.3, -0.25) is 0 Å². The van der Waals surface area contributed by atoms with Crippen LogP contribution < -0.4 is 15.4 Å². The summed E-state index contributed by atoms with van der Waals surface area (Å²) in [7, 11) is 0. The third kappa shape index (κ3) is 3.60. The minimum Gasteiger partial charge on any atom is -0.489 e. The van der Waals surface area contributed by atoms with Crippen molar-refractivity contribution in [1.29, 1.82) is 0 Å². The SMILES string of the molecule is Cc1cc(OCc2ccccc2)ccc1N1CCCC(N)C1. The van der Waals surface area contributed by atoms with Gasteiger partial charge in [0.05, 0.1) is 0 Å². The second-order valence-corrected chi connectivity index (χ2v) is 6.07. The van der Waals surface area contributed by atoms with Crippen molar-refractivity contribution in [2.75, 3.05) is 18.0 Å². The Balaban J connectivity index is 1.66. The van der Waals surface area contributed by atoms with Crippen LogP contribution in [0.2, 0.25) is 0 Å². The van der Waals surface area contributed by atoms with Crippen LogP contribution in [0.1, 0.15) is 24.0 Å². The summed E-state index contributed by atoms with van der Waals surface area (Å²) in [6.07, 6.45) is 2.31. The van der Waals surface area contributed by atoms with Gasteiger partial charge in [-0.25, -0.2) is 0 Å². The largest absolute Gasteiger partial charge is 0.489 e. The van der Waals surface area contributed by atoms with E-state index in [-0.39, 0.29) is 0 Å². The van der Waals surface area contributed by atoms with Crippen LogP contribution in [-0.4, -0.2) is 19.1 Å². The maximum atomic E-state index is 6.09. The van der Waals surface area contributed by atoms with E-state index in [4.69, 9.17) is 10.5 Å². The van der Waals surface area contributed by atoms with Gasteiger partial charge in [0.25, 0.3) is 0 Å². The zero-order valence-electron chi connectivity index (χ0n) is 13.2. The lowest BCUT2D eigenvalue weighted by Crippen LogP contribution is -2.43. The van der Waals surface area contributed by atoms with Gasteiger partial charge in [0.1, 0.15) is 12.4 Å². The van der Waals surface area contributed by atoms with Crippen LogP contribution in [0.25, 0.3) is 0 Å². The van der Waals surface area contributed by atoms with Crippen molar-refractivity contribution in [3.05, 3.63) is 59.7 Å². The van der Waals surface area contributed by atoms with Crippen molar-refractivity contribution in [2.24, 2.45) is 5.73 Å². The van der Waals surface area contributed by atoms with Crippen molar-refractivity contribution >= 4 is 5.69 Å². The number of nitrogens with zero attached hydrogens (tertiary/aromatic N) is 1. The van der Waals surface area contributed by atoms with Gasteiger partial charge in [0, 0.05) is 24.8 Å². The van der Waals surface area contributed by atoms with Crippen LogP contribution in [0.15, 0.2) is 48.5 Å². The van der Waals surface area contributed by atoms with Gasteiger partial charge in [-0.2, -0.15) is 0 Å². The number of benzene rings is 2. The topological polar surface area (TPSA) is 38.5 Å². The Morgan fingerprint density at radius 3 is 2.73 bits per heavy atom. The van der Waals surface area contributed by atoms with Gasteiger partial charge < -0.3 is 15.4 Å². The van der Waals surface area contributed by atoms with Crippen LogP contribution in [0.4, 0.5) is 5.69 Å². The Morgan fingerprint density at radius 1 is 1.18 bits per heavy atom. The summed E-state index contributed by atoms with van der Waals surface area (Å²) in [6, 6.07) is 16.9. The van der Waals surface area contributed by atoms with E-state index in [0.29, 0.717) is 12.6 Å². The van der Waals surface area contributed by atoms with E-state index in [0.717, 1.165) is 25.3 Å². The quantitative estimate of drug-likeness (QED) is 0.938. The molecule has 22 heavy (non-hydrogen) atoms. The molecule has 2 aromatic carbocycles. The Kier molecular flexibility index (Phi) is 4.64. The van der Waals surface area contributed by atoms with Crippen molar-refractivity contribution < 1.29 is 4.74 Å². The number of anilines is 1. The average molecular weight is 296 g/mol. The Bertz CT molecular complexity index is 612. The maximum absolute atomic E-state index is 6.09. The third-order valence-corrected chi connectivity index (χ3v) is 4.22. The van der Waals surface area contributed by atoms with Crippen molar-refractivity contribution in [3.63, 3.8) is 0 Å². The Hall–Kier alpha value is -2.00. The number of rotatable bonds is 4. The highest BCUT2D eigenvalue weighted by molar-refractivity contribution is 5.56. The number of ether oxygens (including phenoxy) is 1. The second-order valence-electron chi connectivity index (χ2n) is 6.07. The molecule has 1 aliphatic heterocycles. The molecule has 3 heteroatoms. The molecule has 0 aromatic heterocycles. The first-order chi connectivity index (χ1) is 10.7. The summed E-state index contributed by atoms with van der Waals surface area (Å²) in [4.78, 5) is 2.39. The number of aryl methyl sites for hydroxylation is 1. The highest BCUT2D eigenvalue weighted by atomic mass is 16.5. The molecule has 116 valence electrons. The van der Waals surface area contributed by atoms with Gasteiger partial charge in [-0.05, 0) is 49.1 Å². The molecule has 1 aliphatic rings. The molecule has 1 atom stereocenters. The Morgan fingerprint density at radius 2 is 2.00 bits per heavy atom. The van der Waals surface area contributed by atoms with Crippen molar-refractivity contribution in [3.8, 4) is 5.75 Å². The normalized spacial score (nSPS) is 18.3. The zero-order chi connectivity index (χ0) is 15.4. The zero-order valence-corrected chi connectivity index (χ0v) is 13.2. The summed E-state index contributed by atoms with van der Waals surface area (Å²) in [5.74, 6) is 0.923. The van der Waals surface area contributed by atoms with E-state index in [1.54, 1.807) is 0 Å². The molecule has 1 fully saturated rings. The van der Waals surface area contributed by atoms with Gasteiger partial charge >= 0.3 is 0 Å². The molecular formula is C19H24N2O. The number of nitrogens with two attached hydrogens (primary N) is 1. The molecule has 0 saturated carbocycles. The highest BCUT2D eigenvalue weighted by Gasteiger charge is 2.18. The molecule has 0 bridgehead atoms. The van der Waals surface area contributed by atoms with E-state index >= 15 is 0 Å². The predicted molar refractivity (Wildman–Crippen MR) is 91.4 cm³/mol. The lowest BCUT2D eigenvalue weighted by molar-refractivity contribution is 0.306. The first-order valence-electron chi connectivity index (χ1n) is 8.00. The lowest BCUT2D eigenvalue weighted by atomic mass is 10.0. The average Bonchev–Trinajstić information content (AvgIpc) is 2.54. The van der Waals surface area contributed by atoms with Gasteiger partial charge in [-0.1, -0.05) is 30.3 Å². The summed E-state index contributed by atoms with van der Waals surface area (Å²) >= 11 is 0. The fourth-order valence-electron chi connectivity index (χ4n) is 3.04. The van der Waals surface area contributed by atoms with Gasteiger partial charge in [0.15, 0.2) is 0 Å². The fourth-order valence-corrected chi connectivity index (χ4v) is 3.04. The minimum absolute atomic E-state index is 0.294. The summed E-state index contributed by atoms with van der Waals surface area (Å²) in [5, 5.41) is 0. The molecule has 0 spiro atoms. The predicted octanol–water partition coefficient (Wildman–Crippen LogP) is 3.50. The molecule has 1 unspecified atom stereocenters. The second kappa shape index (κ2) is 6.84. The highest BCUT2D eigenvalue weighted by Crippen LogP contribution is 2.27. The smallest absolute Gasteiger partial charge is 0.120 e. The lowest BCUT2D eigenvalue weighted by Gasteiger charge is -2.33. The standard InChI is InChI=1S/C19H24N2O/c1-15-12-18(22-14-16-6-3-2-4-7-16)9-10-19(15)21-11-5-8-17(20)13-21/h2-4,6-7,9-10,12,17H,5,8,11,13-14,20H2,1H3. The number of piperidine rings is 1. The van der Waals surface area contributed by atoms with E-state index in [2.05, 4.69) is 42.2 Å². The number of hydrogen-bond donors (Lipinski definition) is 1.